The molecule has 0 bridgehead atoms. The van der Waals surface area contributed by atoms with Gasteiger partial charge in [-0.1, -0.05) is 30.3 Å². The number of rotatable bonds is 4. The van der Waals surface area contributed by atoms with Gasteiger partial charge in [0.25, 0.3) is 0 Å². The third-order valence-corrected chi connectivity index (χ3v) is 5.51. The first kappa shape index (κ1) is 16.7. The highest BCUT2D eigenvalue weighted by molar-refractivity contribution is 9.10. The lowest BCUT2D eigenvalue weighted by molar-refractivity contribution is -0.255. The average Bonchev–Trinajstić information content (AvgIpc) is 2.82. The predicted octanol–water partition coefficient (Wildman–Crippen LogP) is 2.24. The Labute approximate surface area is 150 Å². The average molecular weight is 405 g/mol. The fourth-order valence-corrected chi connectivity index (χ4v) is 4.11. The highest BCUT2D eigenvalue weighted by atomic mass is 79.9. The van der Waals surface area contributed by atoms with Gasteiger partial charge in [0.15, 0.2) is 0 Å². The Morgan fingerprint density at radius 3 is 2.50 bits per heavy atom. The third kappa shape index (κ3) is 3.09. The zero-order valence-corrected chi connectivity index (χ0v) is 14.7. The van der Waals surface area contributed by atoms with Crippen LogP contribution in [0.2, 0.25) is 0 Å². The summed E-state index contributed by atoms with van der Waals surface area (Å²) in [6.07, 6.45) is 0.0201. The van der Waals surface area contributed by atoms with Crippen molar-refractivity contribution in [3.05, 3.63) is 58.6 Å². The summed E-state index contributed by atoms with van der Waals surface area (Å²) in [5.41, 5.74) is 0.505. The van der Waals surface area contributed by atoms with E-state index in [1.54, 1.807) is 42.5 Å². The summed E-state index contributed by atoms with van der Waals surface area (Å²) in [6, 6.07) is 13.3. The van der Waals surface area contributed by atoms with Gasteiger partial charge in [-0.05, 0) is 34.1 Å². The number of halogens is 1. The van der Waals surface area contributed by atoms with Gasteiger partial charge in [-0.2, -0.15) is 0 Å². The van der Waals surface area contributed by atoms with E-state index < -0.39 is 11.2 Å². The molecule has 2 amide bonds. The summed E-state index contributed by atoms with van der Waals surface area (Å²) in [5.74, 6) is -1.97. The first-order valence-corrected chi connectivity index (χ1v) is 8.74. The molecule has 5 nitrogen and oxygen atoms in total. The van der Waals surface area contributed by atoms with Crippen LogP contribution in [-0.2, 0) is 9.59 Å². The topological polar surface area (TPSA) is 77.5 Å². The SMILES string of the molecule is O=C([O-])c1ccccc1S[C@H]1CC(=O)N(c2ccccc2Br)C1=O. The molecule has 0 aliphatic carbocycles. The number of anilines is 1. The van der Waals surface area contributed by atoms with Crippen LogP contribution in [0, 0.1) is 0 Å². The maximum absolute atomic E-state index is 12.7. The summed E-state index contributed by atoms with van der Waals surface area (Å²) in [4.78, 5) is 37.7. The number of benzene rings is 2. The fourth-order valence-electron chi connectivity index (χ4n) is 2.47. The first-order chi connectivity index (χ1) is 11.5. The van der Waals surface area contributed by atoms with Crippen molar-refractivity contribution >= 4 is 51.2 Å². The number of amides is 2. The molecule has 1 aliphatic rings. The molecule has 2 aromatic carbocycles. The smallest absolute Gasteiger partial charge is 0.247 e. The summed E-state index contributed by atoms with van der Waals surface area (Å²) >= 11 is 4.41. The molecule has 1 atom stereocenters. The maximum Gasteiger partial charge on any atom is 0.247 e. The van der Waals surface area contributed by atoms with Gasteiger partial charge in [0, 0.05) is 21.4 Å². The number of carboxylic acid groups (broad SMARTS) is 1. The van der Waals surface area contributed by atoms with E-state index in [2.05, 4.69) is 15.9 Å². The van der Waals surface area contributed by atoms with Crippen molar-refractivity contribution in [2.75, 3.05) is 4.90 Å². The summed E-state index contributed by atoms with van der Waals surface area (Å²) in [5, 5.41) is 10.5. The molecule has 0 N–H and O–H groups in total. The molecular formula is C17H11BrNO4S-. The molecule has 1 heterocycles. The van der Waals surface area contributed by atoms with Gasteiger partial charge in [0.05, 0.1) is 16.9 Å². The quantitative estimate of drug-likeness (QED) is 0.730. The van der Waals surface area contributed by atoms with Gasteiger partial charge in [0.2, 0.25) is 11.8 Å². The lowest BCUT2D eigenvalue weighted by Gasteiger charge is -2.17. The second kappa shape index (κ2) is 6.78. The number of nitrogens with zero attached hydrogens (tertiary/aromatic N) is 1. The van der Waals surface area contributed by atoms with Gasteiger partial charge >= 0.3 is 0 Å². The predicted molar refractivity (Wildman–Crippen MR) is 91.7 cm³/mol. The van der Waals surface area contributed by atoms with E-state index in [1.165, 1.54) is 6.07 Å². The largest absolute Gasteiger partial charge is 0.545 e. The van der Waals surface area contributed by atoms with E-state index in [-0.39, 0.29) is 23.8 Å². The van der Waals surface area contributed by atoms with Crippen molar-refractivity contribution in [1.29, 1.82) is 0 Å². The van der Waals surface area contributed by atoms with Crippen LogP contribution in [-0.4, -0.2) is 23.0 Å². The van der Waals surface area contributed by atoms with Gasteiger partial charge in [0.1, 0.15) is 0 Å². The minimum Gasteiger partial charge on any atom is -0.545 e. The van der Waals surface area contributed by atoms with Crippen molar-refractivity contribution in [3.8, 4) is 0 Å². The Morgan fingerprint density at radius 1 is 1.12 bits per heavy atom. The highest BCUT2D eigenvalue weighted by Gasteiger charge is 2.41. The van der Waals surface area contributed by atoms with Gasteiger partial charge in [-0.3, -0.25) is 9.59 Å². The number of aromatic carboxylic acids is 1. The number of carboxylic acids is 1. The van der Waals surface area contributed by atoms with E-state index >= 15 is 0 Å². The maximum atomic E-state index is 12.7. The zero-order valence-electron chi connectivity index (χ0n) is 12.3. The van der Waals surface area contributed by atoms with E-state index in [1.807, 2.05) is 0 Å². The van der Waals surface area contributed by atoms with Crippen LogP contribution in [0.3, 0.4) is 0 Å². The van der Waals surface area contributed by atoms with Gasteiger partial charge in [-0.25, -0.2) is 4.90 Å². The van der Waals surface area contributed by atoms with Crippen molar-refractivity contribution in [2.45, 2.75) is 16.6 Å². The molecule has 1 saturated heterocycles. The number of carbonyl (C=O) groups is 3. The van der Waals surface area contributed by atoms with Crippen LogP contribution in [0.1, 0.15) is 16.8 Å². The number of thioether (sulfide) groups is 1. The van der Waals surface area contributed by atoms with Crippen LogP contribution < -0.4 is 10.0 Å². The van der Waals surface area contributed by atoms with Crippen LogP contribution in [0.15, 0.2) is 57.9 Å². The van der Waals surface area contributed by atoms with E-state index in [0.717, 1.165) is 16.7 Å². The lowest BCUT2D eigenvalue weighted by atomic mass is 10.2. The fraction of sp³-hybridized carbons (Fsp3) is 0.118. The van der Waals surface area contributed by atoms with Crippen LogP contribution in [0.5, 0.6) is 0 Å². The summed E-state index contributed by atoms with van der Waals surface area (Å²) in [6.45, 7) is 0. The van der Waals surface area contributed by atoms with Crippen molar-refractivity contribution in [1.82, 2.24) is 0 Å². The number of imide groups is 1. The Hall–Kier alpha value is -2.12. The zero-order chi connectivity index (χ0) is 17.3. The summed E-state index contributed by atoms with van der Waals surface area (Å²) in [7, 11) is 0. The van der Waals surface area contributed by atoms with Crippen LogP contribution >= 0.6 is 27.7 Å². The molecule has 7 heteroatoms. The number of para-hydroxylation sites is 1. The summed E-state index contributed by atoms with van der Waals surface area (Å²) < 4.78 is 0.646. The molecule has 0 aromatic heterocycles. The van der Waals surface area contributed by atoms with Crippen molar-refractivity contribution in [2.24, 2.45) is 0 Å². The molecule has 122 valence electrons. The van der Waals surface area contributed by atoms with E-state index in [4.69, 9.17) is 0 Å². The molecule has 0 radical (unpaired) electrons. The standard InChI is InChI=1S/C17H12BrNO4S/c18-11-6-2-3-7-12(11)19-15(20)9-14(16(19)21)24-13-8-4-1-5-10(13)17(22)23/h1-8,14H,9H2,(H,22,23)/p-1/t14-/m0/s1. The van der Waals surface area contributed by atoms with Crippen LogP contribution in [0.4, 0.5) is 5.69 Å². The number of hydrogen-bond donors (Lipinski definition) is 0. The number of carbonyl (C=O) groups excluding carboxylic acids is 3. The van der Waals surface area contributed by atoms with Gasteiger partial charge in [-0.15, -0.1) is 11.8 Å². The lowest BCUT2D eigenvalue weighted by Crippen LogP contribution is -2.31. The molecule has 2 aromatic rings. The minimum atomic E-state index is -1.31. The molecule has 24 heavy (non-hydrogen) atoms. The Balaban J connectivity index is 1.88. The first-order valence-electron chi connectivity index (χ1n) is 7.07. The Morgan fingerprint density at radius 2 is 1.79 bits per heavy atom. The second-order valence-corrected chi connectivity index (χ2v) is 7.21. The Bertz CT molecular complexity index is 839. The molecule has 0 spiro atoms. The minimum absolute atomic E-state index is 0.0158. The highest BCUT2D eigenvalue weighted by Crippen LogP contribution is 2.37. The van der Waals surface area contributed by atoms with Crippen molar-refractivity contribution in [3.63, 3.8) is 0 Å². The number of hydrogen-bond acceptors (Lipinski definition) is 5. The molecular weight excluding hydrogens is 394 g/mol. The normalized spacial score (nSPS) is 17.4. The third-order valence-electron chi connectivity index (χ3n) is 3.57. The molecule has 3 rings (SSSR count). The van der Waals surface area contributed by atoms with E-state index in [0.29, 0.717) is 15.1 Å². The van der Waals surface area contributed by atoms with E-state index in [9.17, 15) is 19.5 Å². The molecule has 0 saturated carbocycles. The Kier molecular flexibility index (Phi) is 4.73. The molecule has 1 aliphatic heterocycles. The van der Waals surface area contributed by atoms with Crippen molar-refractivity contribution < 1.29 is 19.5 Å². The molecule has 0 unspecified atom stereocenters. The van der Waals surface area contributed by atoms with Gasteiger partial charge < -0.3 is 9.90 Å². The monoisotopic (exact) mass is 404 g/mol. The molecule has 1 fully saturated rings. The second-order valence-electron chi connectivity index (χ2n) is 5.11. The van der Waals surface area contributed by atoms with Crippen LogP contribution in [0.25, 0.3) is 0 Å².